The third-order valence-electron chi connectivity index (χ3n) is 1.92. The fourth-order valence-electron chi connectivity index (χ4n) is 1.21. The molecule has 1 aromatic rings. The van der Waals surface area contributed by atoms with Crippen LogP contribution in [0.4, 0.5) is 5.69 Å². The third-order valence-corrected chi connectivity index (χ3v) is 1.92. The van der Waals surface area contributed by atoms with E-state index in [1.807, 2.05) is 0 Å². The van der Waals surface area contributed by atoms with Crippen LogP contribution in [0.1, 0.15) is 6.92 Å². The van der Waals surface area contributed by atoms with E-state index in [2.05, 4.69) is 15.6 Å². The molecule has 1 aromatic heterocycles. The minimum absolute atomic E-state index is 0.216. The molecule has 0 saturated heterocycles. The van der Waals surface area contributed by atoms with Gasteiger partial charge in [-0.15, -0.1) is 0 Å². The SMILES string of the molecule is COC[C@H](C)NC(=O)C(=O)Nc1cccnc1. The summed E-state index contributed by atoms with van der Waals surface area (Å²) >= 11 is 0. The van der Waals surface area contributed by atoms with Crippen molar-refractivity contribution in [2.75, 3.05) is 19.0 Å². The summed E-state index contributed by atoms with van der Waals surface area (Å²) in [5.41, 5.74) is 0.479. The van der Waals surface area contributed by atoms with E-state index in [1.165, 1.54) is 13.3 Å². The van der Waals surface area contributed by atoms with E-state index in [1.54, 1.807) is 25.3 Å². The van der Waals surface area contributed by atoms with E-state index < -0.39 is 11.8 Å². The highest BCUT2D eigenvalue weighted by molar-refractivity contribution is 6.39. The van der Waals surface area contributed by atoms with E-state index in [0.717, 1.165) is 0 Å². The minimum atomic E-state index is -0.721. The number of nitrogens with zero attached hydrogens (tertiary/aromatic N) is 1. The number of aromatic nitrogens is 1. The summed E-state index contributed by atoms with van der Waals surface area (Å²) in [6.07, 6.45) is 3.04. The van der Waals surface area contributed by atoms with Crippen molar-refractivity contribution in [3.8, 4) is 0 Å². The van der Waals surface area contributed by atoms with Crippen LogP contribution in [-0.4, -0.2) is 36.6 Å². The number of hydrogen-bond acceptors (Lipinski definition) is 4. The highest BCUT2D eigenvalue weighted by atomic mass is 16.5. The predicted molar refractivity (Wildman–Crippen MR) is 62.3 cm³/mol. The van der Waals surface area contributed by atoms with Crippen molar-refractivity contribution in [2.45, 2.75) is 13.0 Å². The summed E-state index contributed by atoms with van der Waals surface area (Å²) in [4.78, 5) is 26.7. The van der Waals surface area contributed by atoms with Crippen LogP contribution in [0.2, 0.25) is 0 Å². The van der Waals surface area contributed by atoms with Crippen molar-refractivity contribution in [1.82, 2.24) is 10.3 Å². The number of hydrogen-bond donors (Lipinski definition) is 2. The Kier molecular flexibility index (Phi) is 5.09. The Morgan fingerprint density at radius 3 is 2.82 bits per heavy atom. The molecule has 2 N–H and O–H groups in total. The van der Waals surface area contributed by atoms with Crippen LogP contribution in [-0.2, 0) is 14.3 Å². The molecule has 1 heterocycles. The number of amides is 2. The molecular formula is C11H15N3O3. The second-order valence-corrected chi connectivity index (χ2v) is 3.53. The molecular weight excluding hydrogens is 222 g/mol. The Hall–Kier alpha value is -1.95. The molecule has 6 heteroatoms. The summed E-state index contributed by atoms with van der Waals surface area (Å²) < 4.78 is 4.85. The minimum Gasteiger partial charge on any atom is -0.383 e. The molecule has 1 atom stereocenters. The molecule has 0 aliphatic carbocycles. The van der Waals surface area contributed by atoms with Gasteiger partial charge in [-0.25, -0.2) is 0 Å². The van der Waals surface area contributed by atoms with E-state index in [-0.39, 0.29) is 6.04 Å². The molecule has 0 saturated carbocycles. The van der Waals surface area contributed by atoms with Gasteiger partial charge in [0, 0.05) is 19.3 Å². The number of ether oxygens (including phenoxy) is 1. The first kappa shape index (κ1) is 13.1. The van der Waals surface area contributed by atoms with Crippen molar-refractivity contribution in [2.24, 2.45) is 0 Å². The molecule has 1 rings (SSSR count). The summed E-state index contributed by atoms with van der Waals surface area (Å²) in [5.74, 6) is -1.42. The number of methoxy groups -OCH3 is 1. The van der Waals surface area contributed by atoms with Crippen molar-refractivity contribution in [3.63, 3.8) is 0 Å². The second kappa shape index (κ2) is 6.59. The Morgan fingerprint density at radius 1 is 1.47 bits per heavy atom. The number of rotatable bonds is 4. The second-order valence-electron chi connectivity index (χ2n) is 3.53. The van der Waals surface area contributed by atoms with Gasteiger partial charge in [-0.3, -0.25) is 14.6 Å². The molecule has 0 aliphatic rings. The maximum atomic E-state index is 11.5. The Balaban J connectivity index is 2.45. The lowest BCUT2D eigenvalue weighted by Gasteiger charge is -2.12. The lowest BCUT2D eigenvalue weighted by molar-refractivity contribution is -0.136. The van der Waals surface area contributed by atoms with Crippen molar-refractivity contribution < 1.29 is 14.3 Å². The van der Waals surface area contributed by atoms with Gasteiger partial charge in [0.25, 0.3) is 0 Å². The first-order valence-electron chi connectivity index (χ1n) is 5.14. The zero-order valence-electron chi connectivity index (χ0n) is 9.77. The smallest absolute Gasteiger partial charge is 0.313 e. The molecule has 0 bridgehead atoms. The molecule has 0 aliphatic heterocycles. The van der Waals surface area contributed by atoms with E-state index in [0.29, 0.717) is 12.3 Å². The first-order valence-corrected chi connectivity index (χ1v) is 5.14. The van der Waals surface area contributed by atoms with Crippen LogP contribution >= 0.6 is 0 Å². The third kappa shape index (κ3) is 4.60. The topological polar surface area (TPSA) is 80.3 Å². The maximum absolute atomic E-state index is 11.5. The number of pyridine rings is 1. The van der Waals surface area contributed by atoms with Gasteiger partial charge in [-0.05, 0) is 19.1 Å². The van der Waals surface area contributed by atoms with Gasteiger partial charge >= 0.3 is 11.8 Å². The van der Waals surface area contributed by atoms with E-state index in [4.69, 9.17) is 4.74 Å². The van der Waals surface area contributed by atoms with Crippen molar-refractivity contribution >= 4 is 17.5 Å². The van der Waals surface area contributed by atoms with Crippen LogP contribution in [0.5, 0.6) is 0 Å². The molecule has 0 radical (unpaired) electrons. The number of anilines is 1. The fraction of sp³-hybridized carbons (Fsp3) is 0.364. The summed E-state index contributed by atoms with van der Waals surface area (Å²) in [5, 5.41) is 4.94. The van der Waals surface area contributed by atoms with Gasteiger partial charge in [0.2, 0.25) is 0 Å². The number of carbonyl (C=O) groups is 2. The zero-order valence-corrected chi connectivity index (χ0v) is 9.77. The molecule has 17 heavy (non-hydrogen) atoms. The van der Waals surface area contributed by atoms with Crippen LogP contribution in [0.3, 0.4) is 0 Å². The normalized spacial score (nSPS) is 11.6. The monoisotopic (exact) mass is 237 g/mol. The van der Waals surface area contributed by atoms with E-state index >= 15 is 0 Å². The molecule has 0 fully saturated rings. The summed E-state index contributed by atoms with van der Waals surface area (Å²) in [6, 6.07) is 3.10. The van der Waals surface area contributed by atoms with Crippen LogP contribution in [0.15, 0.2) is 24.5 Å². The fourth-order valence-corrected chi connectivity index (χ4v) is 1.21. The highest BCUT2D eigenvalue weighted by Crippen LogP contribution is 2.01. The first-order chi connectivity index (χ1) is 8.13. The van der Waals surface area contributed by atoms with Gasteiger partial charge in [-0.2, -0.15) is 0 Å². The average molecular weight is 237 g/mol. The van der Waals surface area contributed by atoms with Crippen molar-refractivity contribution in [3.05, 3.63) is 24.5 Å². The lowest BCUT2D eigenvalue weighted by atomic mass is 10.3. The van der Waals surface area contributed by atoms with Crippen LogP contribution < -0.4 is 10.6 Å². The van der Waals surface area contributed by atoms with Crippen LogP contribution in [0, 0.1) is 0 Å². The summed E-state index contributed by atoms with van der Waals surface area (Å²) in [6.45, 7) is 2.10. The largest absolute Gasteiger partial charge is 0.383 e. The highest BCUT2D eigenvalue weighted by Gasteiger charge is 2.15. The Morgan fingerprint density at radius 2 is 2.24 bits per heavy atom. The molecule has 0 spiro atoms. The van der Waals surface area contributed by atoms with Gasteiger partial charge in [0.15, 0.2) is 0 Å². The maximum Gasteiger partial charge on any atom is 0.313 e. The standard InChI is InChI=1S/C11H15N3O3/c1-8(7-17-2)13-10(15)11(16)14-9-4-3-5-12-6-9/h3-6,8H,7H2,1-2H3,(H,13,15)(H,14,16)/t8-/m0/s1. The predicted octanol–water partition coefficient (Wildman–Crippen LogP) is 0.171. The average Bonchev–Trinajstić information content (AvgIpc) is 2.30. The van der Waals surface area contributed by atoms with Gasteiger partial charge < -0.3 is 15.4 Å². The Labute approximate surface area is 99.4 Å². The molecule has 2 amide bonds. The summed E-state index contributed by atoms with van der Waals surface area (Å²) in [7, 11) is 1.53. The van der Waals surface area contributed by atoms with E-state index in [9.17, 15) is 9.59 Å². The lowest BCUT2D eigenvalue weighted by Crippen LogP contribution is -2.42. The molecule has 0 unspecified atom stereocenters. The van der Waals surface area contributed by atoms with Crippen LogP contribution in [0.25, 0.3) is 0 Å². The molecule has 0 aromatic carbocycles. The quantitative estimate of drug-likeness (QED) is 0.732. The van der Waals surface area contributed by atoms with Crippen molar-refractivity contribution in [1.29, 1.82) is 0 Å². The van der Waals surface area contributed by atoms with Gasteiger partial charge in [0.05, 0.1) is 18.5 Å². The van der Waals surface area contributed by atoms with Gasteiger partial charge in [0.1, 0.15) is 0 Å². The number of carbonyl (C=O) groups excluding carboxylic acids is 2. The Bertz CT molecular complexity index is 381. The molecule has 6 nitrogen and oxygen atoms in total. The zero-order chi connectivity index (χ0) is 12.7. The van der Waals surface area contributed by atoms with Gasteiger partial charge in [-0.1, -0.05) is 0 Å². The molecule has 92 valence electrons. The number of nitrogens with one attached hydrogen (secondary N) is 2.